The van der Waals surface area contributed by atoms with E-state index in [0.717, 1.165) is 5.92 Å². The van der Waals surface area contributed by atoms with Crippen molar-refractivity contribution in [1.29, 1.82) is 0 Å². The van der Waals surface area contributed by atoms with Gasteiger partial charge in [0.25, 0.3) is 0 Å². The van der Waals surface area contributed by atoms with Crippen LogP contribution in [-0.4, -0.2) is 37.3 Å². The SMILES string of the molecule is CC1CCN(C)CC1.O=CCCCC(=O)Oc1c(F)c(F)c(F)c(F)c1F. The quantitative estimate of drug-likeness (QED) is 0.144. The van der Waals surface area contributed by atoms with Crippen LogP contribution in [0.3, 0.4) is 0 Å². The van der Waals surface area contributed by atoms with Gasteiger partial charge in [-0.25, -0.2) is 13.2 Å². The number of esters is 1. The van der Waals surface area contributed by atoms with Crippen molar-refractivity contribution in [3.05, 3.63) is 29.1 Å². The van der Waals surface area contributed by atoms with Gasteiger partial charge in [0.15, 0.2) is 0 Å². The lowest BCUT2D eigenvalue weighted by atomic mass is 10.00. The number of benzene rings is 1. The molecule has 1 aromatic rings. The zero-order chi connectivity index (χ0) is 20.6. The Balaban J connectivity index is 0.000000377. The summed E-state index contributed by atoms with van der Waals surface area (Å²) in [4.78, 5) is 23.5. The van der Waals surface area contributed by atoms with Crippen molar-refractivity contribution in [3.63, 3.8) is 0 Å². The molecule has 0 atom stereocenters. The first kappa shape index (κ1) is 23.0. The van der Waals surface area contributed by atoms with Crippen LogP contribution in [0.2, 0.25) is 0 Å². The van der Waals surface area contributed by atoms with Crippen molar-refractivity contribution in [2.75, 3.05) is 20.1 Å². The van der Waals surface area contributed by atoms with Crippen molar-refractivity contribution >= 4 is 12.3 Å². The monoisotopic (exact) mass is 395 g/mol. The van der Waals surface area contributed by atoms with Gasteiger partial charge < -0.3 is 14.4 Å². The van der Waals surface area contributed by atoms with Crippen LogP contribution in [0.4, 0.5) is 22.0 Å². The van der Waals surface area contributed by atoms with Gasteiger partial charge in [-0.3, -0.25) is 4.79 Å². The Labute approximate surface area is 154 Å². The maximum absolute atomic E-state index is 13.1. The smallest absolute Gasteiger partial charge is 0.311 e. The van der Waals surface area contributed by atoms with E-state index < -0.39 is 47.2 Å². The molecule has 1 fully saturated rings. The molecule has 1 aliphatic rings. The Morgan fingerprint density at radius 1 is 1.04 bits per heavy atom. The normalized spacial score (nSPS) is 15.1. The number of piperidine rings is 1. The van der Waals surface area contributed by atoms with Crippen LogP contribution in [0.5, 0.6) is 5.75 Å². The molecule has 0 aliphatic carbocycles. The second-order valence-corrected chi connectivity index (χ2v) is 6.42. The summed E-state index contributed by atoms with van der Waals surface area (Å²) in [6, 6.07) is 0. The fourth-order valence-electron chi connectivity index (χ4n) is 2.31. The van der Waals surface area contributed by atoms with E-state index in [1.54, 1.807) is 0 Å². The Kier molecular flexibility index (Phi) is 9.34. The number of unbranched alkanes of at least 4 members (excludes halogenated alkanes) is 1. The van der Waals surface area contributed by atoms with E-state index in [-0.39, 0.29) is 12.8 Å². The fourth-order valence-corrected chi connectivity index (χ4v) is 2.31. The van der Waals surface area contributed by atoms with Crippen molar-refractivity contribution in [2.45, 2.75) is 39.0 Å². The minimum absolute atomic E-state index is 0.00616. The van der Waals surface area contributed by atoms with Crippen LogP contribution in [0.25, 0.3) is 0 Å². The number of carbonyl (C=O) groups is 2. The van der Waals surface area contributed by atoms with Gasteiger partial charge in [0.05, 0.1) is 0 Å². The Morgan fingerprint density at radius 2 is 1.52 bits per heavy atom. The molecule has 1 aliphatic heterocycles. The molecule has 152 valence electrons. The van der Waals surface area contributed by atoms with Gasteiger partial charge in [0.1, 0.15) is 6.29 Å². The highest BCUT2D eigenvalue weighted by Crippen LogP contribution is 2.29. The summed E-state index contributed by atoms with van der Waals surface area (Å²) in [6.45, 7) is 4.95. The zero-order valence-electron chi connectivity index (χ0n) is 15.2. The van der Waals surface area contributed by atoms with Crippen LogP contribution in [0.1, 0.15) is 39.0 Å². The maximum Gasteiger partial charge on any atom is 0.311 e. The molecule has 0 radical (unpaired) electrons. The molecule has 2 rings (SSSR count). The lowest BCUT2D eigenvalue weighted by Crippen LogP contribution is -2.28. The zero-order valence-corrected chi connectivity index (χ0v) is 15.2. The predicted molar refractivity (Wildman–Crippen MR) is 87.7 cm³/mol. The van der Waals surface area contributed by atoms with E-state index in [2.05, 4.69) is 23.6 Å². The van der Waals surface area contributed by atoms with Crippen LogP contribution < -0.4 is 4.74 Å². The largest absolute Gasteiger partial charge is 0.420 e. The second-order valence-electron chi connectivity index (χ2n) is 6.42. The van der Waals surface area contributed by atoms with Crippen LogP contribution in [-0.2, 0) is 9.59 Å². The number of rotatable bonds is 5. The average molecular weight is 395 g/mol. The molecular formula is C18H22F5NO3. The summed E-state index contributed by atoms with van der Waals surface area (Å²) in [5, 5.41) is 0. The molecule has 1 heterocycles. The first-order chi connectivity index (χ1) is 12.7. The number of carbonyl (C=O) groups excluding carboxylic acids is 2. The van der Waals surface area contributed by atoms with Gasteiger partial charge in [0.2, 0.25) is 34.8 Å². The standard InChI is InChI=1S/C11H7F5O3.C7H15N/c12-6-7(13)9(15)11(10(16)8(6)14)19-5(18)3-1-2-4-17;1-7-3-5-8(2)6-4-7/h4H,1-3H2;7H,3-6H2,1-2H3. The van der Waals surface area contributed by atoms with Crippen LogP contribution >= 0.6 is 0 Å². The molecule has 1 saturated heterocycles. The maximum atomic E-state index is 13.1. The van der Waals surface area contributed by atoms with Gasteiger partial charge >= 0.3 is 5.97 Å². The number of hydrogen-bond acceptors (Lipinski definition) is 4. The Hall–Kier alpha value is -2.03. The van der Waals surface area contributed by atoms with E-state index >= 15 is 0 Å². The molecule has 9 heteroatoms. The molecule has 0 saturated carbocycles. The van der Waals surface area contributed by atoms with Crippen molar-refractivity contribution < 1.29 is 36.3 Å². The fraction of sp³-hybridized carbons (Fsp3) is 0.556. The summed E-state index contributed by atoms with van der Waals surface area (Å²) in [7, 11) is 2.20. The lowest BCUT2D eigenvalue weighted by molar-refractivity contribution is -0.135. The molecule has 1 aromatic carbocycles. The van der Waals surface area contributed by atoms with Gasteiger partial charge in [-0.05, 0) is 45.3 Å². The van der Waals surface area contributed by atoms with E-state index in [9.17, 15) is 31.5 Å². The third kappa shape index (κ3) is 6.89. The van der Waals surface area contributed by atoms with Gasteiger partial charge in [-0.2, -0.15) is 8.78 Å². The first-order valence-electron chi connectivity index (χ1n) is 8.53. The van der Waals surface area contributed by atoms with Crippen LogP contribution in [0, 0.1) is 35.0 Å². The average Bonchev–Trinajstić information content (AvgIpc) is 2.65. The number of nitrogens with zero attached hydrogens (tertiary/aromatic N) is 1. The number of ether oxygens (including phenoxy) is 1. The first-order valence-corrected chi connectivity index (χ1v) is 8.53. The second kappa shape index (κ2) is 11.0. The highest BCUT2D eigenvalue weighted by Gasteiger charge is 2.28. The molecule has 0 spiro atoms. The molecule has 0 amide bonds. The van der Waals surface area contributed by atoms with E-state index in [4.69, 9.17) is 0 Å². The van der Waals surface area contributed by atoms with E-state index in [1.807, 2.05) is 0 Å². The Morgan fingerprint density at radius 3 is 1.96 bits per heavy atom. The molecule has 0 bridgehead atoms. The molecular weight excluding hydrogens is 373 g/mol. The third-order valence-corrected chi connectivity index (χ3v) is 4.10. The molecule has 0 N–H and O–H groups in total. The van der Waals surface area contributed by atoms with Crippen molar-refractivity contribution in [3.8, 4) is 5.75 Å². The van der Waals surface area contributed by atoms with Gasteiger partial charge in [-0.1, -0.05) is 6.92 Å². The highest BCUT2D eigenvalue weighted by molar-refractivity contribution is 5.72. The predicted octanol–water partition coefficient (Wildman–Crippen LogP) is 4.00. The van der Waals surface area contributed by atoms with Gasteiger partial charge in [0, 0.05) is 12.8 Å². The minimum Gasteiger partial charge on any atom is -0.420 e. The summed E-state index contributed by atoms with van der Waals surface area (Å²) in [5.41, 5.74) is 0. The number of hydrogen-bond donors (Lipinski definition) is 0. The molecule has 4 nitrogen and oxygen atoms in total. The summed E-state index contributed by atoms with van der Waals surface area (Å²) < 4.78 is 68.5. The lowest BCUT2D eigenvalue weighted by Gasteiger charge is -2.26. The summed E-state index contributed by atoms with van der Waals surface area (Å²) >= 11 is 0. The van der Waals surface area contributed by atoms with E-state index in [1.165, 1.54) is 25.9 Å². The summed E-state index contributed by atoms with van der Waals surface area (Å²) in [5.74, 6) is -13.1. The molecule has 27 heavy (non-hydrogen) atoms. The number of aldehydes is 1. The summed E-state index contributed by atoms with van der Waals surface area (Å²) in [6.07, 6.45) is 2.96. The third-order valence-electron chi connectivity index (χ3n) is 4.10. The van der Waals surface area contributed by atoms with Gasteiger partial charge in [-0.15, -0.1) is 0 Å². The van der Waals surface area contributed by atoms with E-state index in [0.29, 0.717) is 6.29 Å². The highest BCUT2D eigenvalue weighted by atomic mass is 19.2. The number of likely N-dealkylation sites (tertiary alicyclic amines) is 1. The minimum atomic E-state index is -2.34. The molecule has 0 unspecified atom stereocenters. The van der Waals surface area contributed by atoms with Crippen molar-refractivity contribution in [1.82, 2.24) is 4.90 Å². The van der Waals surface area contributed by atoms with Crippen molar-refractivity contribution in [2.24, 2.45) is 5.92 Å². The Bertz CT molecular complexity index is 622. The topological polar surface area (TPSA) is 46.6 Å². The molecule has 0 aromatic heterocycles. The number of halogens is 5. The van der Waals surface area contributed by atoms with Crippen LogP contribution in [0.15, 0.2) is 0 Å².